The zero-order chi connectivity index (χ0) is 18.6. The lowest BCUT2D eigenvalue weighted by Crippen LogP contribution is -2.13. The van der Waals surface area contributed by atoms with Gasteiger partial charge in [-0.05, 0) is 43.3 Å². The van der Waals surface area contributed by atoms with Gasteiger partial charge < -0.3 is 9.26 Å². The largest absolute Gasteiger partial charge is 0.454 e. The molecule has 0 atom stereocenters. The van der Waals surface area contributed by atoms with Crippen LogP contribution in [0.3, 0.4) is 0 Å². The molecule has 0 aliphatic rings. The highest BCUT2D eigenvalue weighted by Gasteiger charge is 2.16. The van der Waals surface area contributed by atoms with Gasteiger partial charge in [-0.25, -0.2) is 13.2 Å². The van der Waals surface area contributed by atoms with Gasteiger partial charge in [0.05, 0.1) is 16.2 Å². The molecule has 2 aromatic carbocycles. The van der Waals surface area contributed by atoms with Crippen molar-refractivity contribution in [3.63, 3.8) is 0 Å². The number of anilines is 1. The van der Waals surface area contributed by atoms with Crippen LogP contribution in [0.15, 0.2) is 70.1 Å². The number of aryl methyl sites for hydroxylation is 1. The van der Waals surface area contributed by atoms with Crippen molar-refractivity contribution in [2.75, 3.05) is 4.72 Å². The number of carbonyl (C=O) groups excluding carboxylic acids is 1. The topological polar surface area (TPSA) is 98.5 Å². The highest BCUT2D eigenvalue weighted by atomic mass is 32.2. The number of hydrogen-bond acceptors (Lipinski definition) is 6. The Hall–Kier alpha value is -3.13. The van der Waals surface area contributed by atoms with E-state index in [-0.39, 0.29) is 17.1 Å². The van der Waals surface area contributed by atoms with Crippen molar-refractivity contribution in [1.29, 1.82) is 0 Å². The second-order valence-electron chi connectivity index (χ2n) is 5.51. The van der Waals surface area contributed by atoms with Crippen LogP contribution in [0.5, 0.6) is 0 Å². The number of nitrogens with one attached hydrogen (secondary N) is 1. The Morgan fingerprint density at radius 1 is 1.12 bits per heavy atom. The van der Waals surface area contributed by atoms with Crippen LogP contribution in [0.25, 0.3) is 0 Å². The quantitative estimate of drug-likeness (QED) is 0.668. The van der Waals surface area contributed by atoms with Crippen molar-refractivity contribution in [3.05, 3.63) is 77.7 Å². The summed E-state index contributed by atoms with van der Waals surface area (Å²) < 4.78 is 37.2. The van der Waals surface area contributed by atoms with Crippen LogP contribution in [-0.4, -0.2) is 19.5 Å². The van der Waals surface area contributed by atoms with Gasteiger partial charge in [-0.3, -0.25) is 4.72 Å². The summed E-state index contributed by atoms with van der Waals surface area (Å²) in [7, 11) is -3.73. The Kier molecular flexibility index (Phi) is 5.04. The molecule has 3 aromatic rings. The predicted molar refractivity (Wildman–Crippen MR) is 94.1 cm³/mol. The summed E-state index contributed by atoms with van der Waals surface area (Å²) in [6, 6.07) is 15.7. The van der Waals surface area contributed by atoms with Gasteiger partial charge in [-0.1, -0.05) is 23.4 Å². The van der Waals surface area contributed by atoms with Gasteiger partial charge in [0, 0.05) is 11.8 Å². The Morgan fingerprint density at radius 3 is 2.42 bits per heavy atom. The molecule has 0 radical (unpaired) electrons. The number of carbonyl (C=O) groups is 1. The van der Waals surface area contributed by atoms with Crippen molar-refractivity contribution >= 4 is 21.7 Å². The summed E-state index contributed by atoms with van der Waals surface area (Å²) in [6.45, 7) is 1.72. The molecule has 7 nitrogen and oxygen atoms in total. The molecule has 0 saturated carbocycles. The van der Waals surface area contributed by atoms with Crippen molar-refractivity contribution < 1.29 is 22.5 Å². The van der Waals surface area contributed by atoms with Gasteiger partial charge in [-0.15, -0.1) is 0 Å². The first kappa shape index (κ1) is 17.7. The van der Waals surface area contributed by atoms with Crippen LogP contribution < -0.4 is 4.72 Å². The molecular weight excluding hydrogens is 356 g/mol. The maximum Gasteiger partial charge on any atom is 0.338 e. The first-order valence-corrected chi connectivity index (χ1v) is 9.19. The summed E-state index contributed by atoms with van der Waals surface area (Å²) in [5.41, 5.74) is 1.38. The van der Waals surface area contributed by atoms with E-state index in [1.807, 2.05) is 0 Å². The lowest BCUT2D eigenvalue weighted by atomic mass is 10.2. The number of para-hydroxylation sites is 1. The molecule has 3 rings (SSSR count). The lowest BCUT2D eigenvalue weighted by Gasteiger charge is -2.08. The van der Waals surface area contributed by atoms with E-state index in [9.17, 15) is 13.2 Å². The fraction of sp³-hybridized carbons (Fsp3) is 0.111. The van der Waals surface area contributed by atoms with Crippen LogP contribution in [0.1, 0.15) is 21.8 Å². The molecule has 1 aromatic heterocycles. The molecule has 1 heterocycles. The van der Waals surface area contributed by atoms with Crippen LogP contribution >= 0.6 is 0 Å². The summed E-state index contributed by atoms with van der Waals surface area (Å²) in [5.74, 6) is -0.152. The number of sulfonamides is 1. The molecule has 1 N–H and O–H groups in total. The van der Waals surface area contributed by atoms with E-state index < -0.39 is 16.0 Å². The number of esters is 1. The number of aromatic nitrogens is 1. The molecular formula is C18H16N2O5S. The molecule has 0 saturated heterocycles. The lowest BCUT2D eigenvalue weighted by molar-refractivity contribution is 0.0437. The number of ether oxygens (including phenoxy) is 1. The molecule has 0 aliphatic heterocycles. The van der Waals surface area contributed by atoms with E-state index in [2.05, 4.69) is 9.88 Å². The van der Waals surface area contributed by atoms with Crippen molar-refractivity contribution in [1.82, 2.24) is 5.16 Å². The number of nitrogens with zero attached hydrogens (tertiary/aromatic N) is 1. The highest BCUT2D eigenvalue weighted by Crippen LogP contribution is 2.17. The van der Waals surface area contributed by atoms with E-state index in [4.69, 9.17) is 9.26 Å². The zero-order valence-corrected chi connectivity index (χ0v) is 14.7. The maximum absolute atomic E-state index is 12.3. The Labute approximate surface area is 150 Å². The van der Waals surface area contributed by atoms with Gasteiger partial charge in [0.25, 0.3) is 10.0 Å². The van der Waals surface area contributed by atoms with Gasteiger partial charge in [0.1, 0.15) is 0 Å². The summed E-state index contributed by atoms with van der Waals surface area (Å²) >= 11 is 0. The molecule has 26 heavy (non-hydrogen) atoms. The van der Waals surface area contributed by atoms with Crippen LogP contribution in [0, 0.1) is 6.92 Å². The standard InChI is InChI=1S/C18H16N2O5S/c1-13-11-16(25-19-13)12-24-18(21)14-7-9-17(10-8-14)26(22,23)20-15-5-3-2-4-6-15/h2-11,20H,12H2,1H3. The molecule has 0 bridgehead atoms. The van der Waals surface area contributed by atoms with Crippen molar-refractivity contribution in [3.8, 4) is 0 Å². The second-order valence-corrected chi connectivity index (χ2v) is 7.19. The number of rotatable bonds is 6. The molecule has 0 aliphatic carbocycles. The molecule has 134 valence electrons. The molecule has 0 amide bonds. The summed E-state index contributed by atoms with van der Waals surface area (Å²) in [4.78, 5) is 12.1. The van der Waals surface area contributed by atoms with E-state index in [0.29, 0.717) is 17.1 Å². The van der Waals surface area contributed by atoms with Gasteiger partial charge in [0.2, 0.25) is 0 Å². The molecule has 8 heteroatoms. The predicted octanol–water partition coefficient (Wildman–Crippen LogP) is 3.14. The minimum Gasteiger partial charge on any atom is -0.454 e. The third-order valence-corrected chi connectivity index (χ3v) is 4.85. The maximum atomic E-state index is 12.3. The van der Waals surface area contributed by atoms with Crippen LogP contribution in [0.2, 0.25) is 0 Å². The van der Waals surface area contributed by atoms with Gasteiger partial charge >= 0.3 is 5.97 Å². The average Bonchev–Trinajstić information content (AvgIpc) is 3.05. The average molecular weight is 372 g/mol. The number of benzene rings is 2. The van der Waals surface area contributed by atoms with Crippen molar-refractivity contribution in [2.24, 2.45) is 0 Å². The zero-order valence-electron chi connectivity index (χ0n) is 13.9. The Bertz CT molecular complexity index is 996. The molecule has 0 fully saturated rings. The first-order valence-electron chi connectivity index (χ1n) is 7.71. The fourth-order valence-corrected chi connectivity index (χ4v) is 3.25. The Morgan fingerprint density at radius 2 is 1.81 bits per heavy atom. The number of hydrogen-bond donors (Lipinski definition) is 1. The monoisotopic (exact) mass is 372 g/mol. The smallest absolute Gasteiger partial charge is 0.338 e. The third kappa shape index (κ3) is 4.28. The second kappa shape index (κ2) is 7.40. The molecule has 0 spiro atoms. The Balaban J connectivity index is 1.66. The van der Waals surface area contributed by atoms with Gasteiger partial charge in [-0.2, -0.15) is 0 Å². The summed E-state index contributed by atoms with van der Waals surface area (Å²) in [5, 5.41) is 3.70. The van der Waals surface area contributed by atoms with Crippen LogP contribution in [-0.2, 0) is 21.4 Å². The van der Waals surface area contributed by atoms with Gasteiger partial charge in [0.15, 0.2) is 12.4 Å². The highest BCUT2D eigenvalue weighted by molar-refractivity contribution is 7.92. The van der Waals surface area contributed by atoms with E-state index >= 15 is 0 Å². The minimum absolute atomic E-state index is 0.0452. The summed E-state index contributed by atoms with van der Waals surface area (Å²) in [6.07, 6.45) is 0. The third-order valence-electron chi connectivity index (χ3n) is 3.45. The van der Waals surface area contributed by atoms with E-state index in [1.165, 1.54) is 24.3 Å². The SMILES string of the molecule is Cc1cc(COC(=O)c2ccc(S(=O)(=O)Nc3ccccc3)cc2)on1. The van der Waals surface area contributed by atoms with E-state index in [0.717, 1.165) is 0 Å². The first-order chi connectivity index (χ1) is 12.4. The normalized spacial score (nSPS) is 11.1. The van der Waals surface area contributed by atoms with Crippen molar-refractivity contribution in [2.45, 2.75) is 18.4 Å². The molecule has 0 unspecified atom stereocenters. The van der Waals surface area contributed by atoms with Crippen LogP contribution in [0.4, 0.5) is 5.69 Å². The van der Waals surface area contributed by atoms with E-state index in [1.54, 1.807) is 43.3 Å². The minimum atomic E-state index is -3.73. The fourth-order valence-electron chi connectivity index (χ4n) is 2.19.